The van der Waals surface area contributed by atoms with E-state index >= 15 is 0 Å². The molecule has 0 saturated carbocycles. The van der Waals surface area contributed by atoms with E-state index in [0.29, 0.717) is 30.9 Å². The summed E-state index contributed by atoms with van der Waals surface area (Å²) in [5.41, 5.74) is 2.97. The predicted octanol–water partition coefficient (Wildman–Crippen LogP) is 3.86. The molecule has 0 bridgehead atoms. The highest BCUT2D eigenvalue weighted by Crippen LogP contribution is 2.41. The zero-order valence-electron chi connectivity index (χ0n) is 18.4. The highest BCUT2D eigenvalue weighted by Gasteiger charge is 2.35. The molecule has 2 aromatic rings. The summed E-state index contributed by atoms with van der Waals surface area (Å²) in [7, 11) is 3.18. The van der Waals surface area contributed by atoms with Crippen LogP contribution < -0.4 is 14.8 Å². The van der Waals surface area contributed by atoms with Crippen molar-refractivity contribution in [1.82, 2.24) is 10.2 Å². The van der Waals surface area contributed by atoms with Gasteiger partial charge in [-0.15, -0.1) is 0 Å². The van der Waals surface area contributed by atoms with Crippen molar-refractivity contribution in [2.24, 2.45) is 5.92 Å². The van der Waals surface area contributed by atoms with Crippen molar-refractivity contribution in [3.8, 4) is 11.5 Å². The minimum atomic E-state index is -1.03. The summed E-state index contributed by atoms with van der Waals surface area (Å²) >= 11 is 0. The van der Waals surface area contributed by atoms with Crippen molar-refractivity contribution in [3.05, 3.63) is 59.2 Å². The molecule has 2 unspecified atom stereocenters. The van der Waals surface area contributed by atoms with Gasteiger partial charge < -0.3 is 24.8 Å². The van der Waals surface area contributed by atoms with Gasteiger partial charge >= 0.3 is 12.0 Å². The van der Waals surface area contributed by atoms with Gasteiger partial charge in [0, 0.05) is 6.54 Å². The maximum absolute atomic E-state index is 13.3. The molecule has 0 spiro atoms. The van der Waals surface area contributed by atoms with Crippen molar-refractivity contribution in [1.29, 1.82) is 0 Å². The predicted molar refractivity (Wildman–Crippen MR) is 118 cm³/mol. The molecule has 2 N–H and O–H groups in total. The zero-order valence-corrected chi connectivity index (χ0v) is 18.4. The molecule has 3 rings (SSSR count). The van der Waals surface area contributed by atoms with Crippen LogP contribution in [0.3, 0.4) is 0 Å². The summed E-state index contributed by atoms with van der Waals surface area (Å²) in [6.45, 7) is 4.33. The highest BCUT2D eigenvalue weighted by atomic mass is 16.5. The fraction of sp³-hybridized carbons (Fsp3) is 0.417. The van der Waals surface area contributed by atoms with Gasteiger partial charge in [-0.2, -0.15) is 0 Å². The maximum atomic E-state index is 13.3. The van der Waals surface area contributed by atoms with Crippen LogP contribution in [0, 0.1) is 5.92 Å². The Bertz CT molecular complexity index is 929. The zero-order chi connectivity index (χ0) is 22.5. The van der Waals surface area contributed by atoms with E-state index in [1.807, 2.05) is 56.3 Å². The standard InChI is InChI=1S/C24H30N2O5/c1-15(2)12-19(23(27)28)25-24(29)26-11-10-17-13-20(30-3)21(31-4)14-18(17)22(26)16-8-6-5-7-9-16/h5-9,13-15,19,22H,10-12H2,1-4H3,(H,25,29)(H,27,28). The van der Waals surface area contributed by atoms with Crippen molar-refractivity contribution in [3.63, 3.8) is 0 Å². The highest BCUT2D eigenvalue weighted by molar-refractivity contribution is 5.83. The van der Waals surface area contributed by atoms with Crippen LogP contribution >= 0.6 is 0 Å². The maximum Gasteiger partial charge on any atom is 0.326 e. The van der Waals surface area contributed by atoms with Gasteiger partial charge in [0.05, 0.1) is 20.3 Å². The van der Waals surface area contributed by atoms with Crippen LogP contribution in [0.4, 0.5) is 4.79 Å². The third-order valence-corrected chi connectivity index (χ3v) is 5.55. The summed E-state index contributed by atoms with van der Waals surface area (Å²) in [6.07, 6.45) is 1.00. The van der Waals surface area contributed by atoms with Gasteiger partial charge in [0.25, 0.3) is 0 Å². The Morgan fingerprint density at radius 1 is 1.13 bits per heavy atom. The van der Waals surface area contributed by atoms with Gasteiger partial charge in [0.15, 0.2) is 11.5 Å². The van der Waals surface area contributed by atoms with E-state index in [1.165, 1.54) is 0 Å². The first kappa shape index (κ1) is 22.5. The Balaban J connectivity index is 2.01. The largest absolute Gasteiger partial charge is 0.493 e. The van der Waals surface area contributed by atoms with E-state index in [4.69, 9.17) is 9.47 Å². The number of urea groups is 1. The summed E-state index contributed by atoms with van der Waals surface area (Å²) in [4.78, 5) is 26.7. The number of carboxylic acid groups (broad SMARTS) is 1. The fourth-order valence-corrected chi connectivity index (χ4v) is 4.08. The first-order valence-electron chi connectivity index (χ1n) is 10.4. The molecule has 7 nitrogen and oxygen atoms in total. The number of aliphatic carboxylic acids is 1. The van der Waals surface area contributed by atoms with Crippen molar-refractivity contribution in [2.75, 3.05) is 20.8 Å². The van der Waals surface area contributed by atoms with Crippen molar-refractivity contribution >= 4 is 12.0 Å². The number of carboxylic acids is 1. The van der Waals surface area contributed by atoms with Gasteiger partial charge in [0.2, 0.25) is 0 Å². The van der Waals surface area contributed by atoms with Crippen molar-refractivity contribution in [2.45, 2.75) is 38.8 Å². The molecular formula is C24H30N2O5. The summed E-state index contributed by atoms with van der Waals surface area (Å²) in [5, 5.41) is 12.3. The molecule has 0 aromatic heterocycles. The Morgan fingerprint density at radius 3 is 2.35 bits per heavy atom. The number of nitrogens with one attached hydrogen (secondary N) is 1. The topological polar surface area (TPSA) is 88.1 Å². The molecule has 0 fully saturated rings. The molecule has 7 heteroatoms. The summed E-state index contributed by atoms with van der Waals surface area (Å²) in [6, 6.07) is 11.9. The number of methoxy groups -OCH3 is 2. The number of benzene rings is 2. The number of nitrogens with zero attached hydrogens (tertiary/aromatic N) is 1. The molecule has 0 aliphatic carbocycles. The Labute approximate surface area is 183 Å². The average Bonchev–Trinajstić information content (AvgIpc) is 2.76. The number of hydrogen-bond donors (Lipinski definition) is 2. The van der Waals surface area contributed by atoms with Crippen LogP contribution in [0.25, 0.3) is 0 Å². The minimum Gasteiger partial charge on any atom is -0.493 e. The molecule has 0 radical (unpaired) electrons. The van der Waals surface area contributed by atoms with Crippen molar-refractivity contribution < 1.29 is 24.2 Å². The lowest BCUT2D eigenvalue weighted by Gasteiger charge is -2.38. The third kappa shape index (κ3) is 4.93. The van der Waals surface area contributed by atoms with E-state index in [0.717, 1.165) is 16.7 Å². The van der Waals surface area contributed by atoms with Gasteiger partial charge in [-0.1, -0.05) is 44.2 Å². The second-order valence-corrected chi connectivity index (χ2v) is 8.13. The molecular weight excluding hydrogens is 396 g/mol. The molecule has 2 aromatic carbocycles. The Morgan fingerprint density at radius 2 is 1.77 bits per heavy atom. The monoisotopic (exact) mass is 426 g/mol. The number of fused-ring (bicyclic) bond motifs is 1. The summed E-state index contributed by atoms with van der Waals surface area (Å²) in [5.74, 6) is 0.355. The number of ether oxygens (including phenoxy) is 2. The van der Waals surface area contributed by atoms with Gasteiger partial charge in [0.1, 0.15) is 6.04 Å². The van der Waals surface area contributed by atoms with Crippen LogP contribution in [-0.2, 0) is 11.2 Å². The third-order valence-electron chi connectivity index (χ3n) is 5.55. The lowest BCUT2D eigenvalue weighted by Crippen LogP contribution is -2.51. The number of rotatable bonds is 7. The van der Waals surface area contributed by atoms with Gasteiger partial charge in [-0.25, -0.2) is 9.59 Å². The van der Waals surface area contributed by atoms with E-state index < -0.39 is 12.0 Å². The molecule has 1 aliphatic heterocycles. The molecule has 1 heterocycles. The van der Waals surface area contributed by atoms with Crippen LogP contribution in [0.15, 0.2) is 42.5 Å². The van der Waals surface area contributed by atoms with Crippen LogP contribution in [0.5, 0.6) is 11.5 Å². The van der Waals surface area contributed by atoms with Crippen LogP contribution in [-0.4, -0.2) is 48.8 Å². The number of carbonyl (C=O) groups excluding carboxylic acids is 1. The molecule has 0 saturated heterocycles. The number of amides is 2. The second-order valence-electron chi connectivity index (χ2n) is 8.13. The number of hydrogen-bond acceptors (Lipinski definition) is 4. The molecule has 166 valence electrons. The van der Waals surface area contributed by atoms with E-state index in [2.05, 4.69) is 5.32 Å². The molecule has 31 heavy (non-hydrogen) atoms. The number of carbonyl (C=O) groups is 2. The molecule has 1 aliphatic rings. The molecule has 2 amide bonds. The quantitative estimate of drug-likeness (QED) is 0.702. The van der Waals surface area contributed by atoms with Crippen LogP contribution in [0.2, 0.25) is 0 Å². The van der Waals surface area contributed by atoms with Gasteiger partial charge in [-0.3, -0.25) is 0 Å². The Kier molecular flexibility index (Phi) is 7.05. The SMILES string of the molecule is COc1cc2c(cc1OC)C(c1ccccc1)N(C(=O)NC(CC(C)C)C(=O)O)CC2. The first-order valence-corrected chi connectivity index (χ1v) is 10.4. The Hall–Kier alpha value is -3.22. The van der Waals surface area contributed by atoms with E-state index in [-0.39, 0.29) is 18.0 Å². The van der Waals surface area contributed by atoms with E-state index in [1.54, 1.807) is 19.1 Å². The average molecular weight is 427 g/mol. The minimum absolute atomic E-state index is 0.144. The fourth-order valence-electron chi connectivity index (χ4n) is 4.08. The molecule has 2 atom stereocenters. The normalized spacial score (nSPS) is 16.4. The summed E-state index contributed by atoms with van der Waals surface area (Å²) < 4.78 is 11.0. The first-order chi connectivity index (χ1) is 14.8. The van der Waals surface area contributed by atoms with Gasteiger partial charge in [-0.05, 0) is 47.6 Å². The second kappa shape index (κ2) is 9.73. The van der Waals surface area contributed by atoms with Crippen LogP contribution in [0.1, 0.15) is 43.0 Å². The van der Waals surface area contributed by atoms with E-state index in [9.17, 15) is 14.7 Å². The smallest absolute Gasteiger partial charge is 0.326 e. The lowest BCUT2D eigenvalue weighted by molar-refractivity contribution is -0.139. The lowest BCUT2D eigenvalue weighted by atomic mass is 9.88.